The van der Waals surface area contributed by atoms with Gasteiger partial charge in [0.15, 0.2) is 0 Å². The van der Waals surface area contributed by atoms with Crippen LogP contribution in [0, 0.1) is 18.8 Å². The van der Waals surface area contributed by atoms with Crippen molar-refractivity contribution in [1.82, 2.24) is 9.55 Å². The van der Waals surface area contributed by atoms with Crippen molar-refractivity contribution in [3.8, 4) is 17.3 Å². The number of nitrogens with zero attached hydrogens (tertiary/aromatic N) is 4. The van der Waals surface area contributed by atoms with Crippen molar-refractivity contribution < 1.29 is 25.8 Å². The van der Waals surface area contributed by atoms with Gasteiger partial charge in [-0.25, -0.2) is 4.98 Å². The second kappa shape index (κ2) is 17.1. The third kappa shape index (κ3) is 8.93. The van der Waals surface area contributed by atoms with Crippen molar-refractivity contribution in [2.24, 2.45) is 0 Å². The van der Waals surface area contributed by atoms with Crippen LogP contribution in [-0.4, -0.2) is 9.55 Å². The van der Waals surface area contributed by atoms with Gasteiger partial charge in [0.05, 0.1) is 0 Å². The van der Waals surface area contributed by atoms with E-state index in [1.54, 1.807) is 0 Å². The molecular formula is C59H59N4OPt-3. The molecule has 2 aromatic heterocycles. The van der Waals surface area contributed by atoms with Gasteiger partial charge in [-0.05, 0) is 86.0 Å². The maximum atomic E-state index is 6.87. The predicted molar refractivity (Wildman–Crippen MR) is 268 cm³/mol. The molecule has 0 amide bonds. The average molecular weight is 1040 g/mol. The van der Waals surface area contributed by atoms with Crippen LogP contribution in [0.15, 0.2) is 152 Å². The molecule has 1 aliphatic heterocycles. The van der Waals surface area contributed by atoms with E-state index in [0.717, 1.165) is 44.9 Å². The van der Waals surface area contributed by atoms with Crippen LogP contribution in [0.3, 0.4) is 0 Å². The molecule has 9 rings (SSSR count). The van der Waals surface area contributed by atoms with E-state index in [4.69, 9.17) is 9.72 Å². The van der Waals surface area contributed by atoms with E-state index >= 15 is 0 Å². The first-order valence-corrected chi connectivity index (χ1v) is 22.4. The molecule has 0 N–H and O–H groups in total. The Morgan fingerprint density at radius 1 is 0.569 bits per heavy atom. The summed E-state index contributed by atoms with van der Waals surface area (Å²) in [5.74, 6) is 2.09. The smallest absolute Gasteiger partial charge is 0.135 e. The fraction of sp³-hybridized carbons (Fsp3) is 0.254. The summed E-state index contributed by atoms with van der Waals surface area (Å²) < 4.78 is 9.11. The van der Waals surface area contributed by atoms with E-state index in [2.05, 4.69) is 243 Å². The van der Waals surface area contributed by atoms with Crippen molar-refractivity contribution >= 4 is 38.9 Å². The number of benzene rings is 6. The normalized spacial score (nSPS) is 13.6. The zero-order chi connectivity index (χ0) is 45.2. The summed E-state index contributed by atoms with van der Waals surface area (Å²) in [6.07, 6.45) is 4.15. The van der Waals surface area contributed by atoms with Crippen molar-refractivity contribution in [3.63, 3.8) is 0 Å². The van der Waals surface area contributed by atoms with Crippen LogP contribution in [-0.2, 0) is 42.7 Å². The second-order valence-corrected chi connectivity index (χ2v) is 20.8. The van der Waals surface area contributed by atoms with Gasteiger partial charge >= 0.3 is 0 Å². The topological polar surface area (TPSA) is 33.5 Å². The molecule has 6 aromatic carbocycles. The molecule has 5 nitrogen and oxygen atoms in total. The number of pyridine rings is 1. The average Bonchev–Trinajstić information content (AvgIpc) is 3.86. The van der Waals surface area contributed by atoms with Gasteiger partial charge in [-0.3, -0.25) is 0 Å². The Hall–Kier alpha value is -5.90. The summed E-state index contributed by atoms with van der Waals surface area (Å²) in [5, 5.41) is 2.33. The van der Waals surface area contributed by atoms with Crippen LogP contribution < -0.4 is 14.5 Å². The van der Waals surface area contributed by atoms with Gasteiger partial charge in [0.2, 0.25) is 0 Å². The molecule has 0 fully saturated rings. The molecule has 0 spiro atoms. The van der Waals surface area contributed by atoms with Crippen LogP contribution in [0.4, 0.5) is 11.4 Å². The maximum absolute atomic E-state index is 6.87. The van der Waals surface area contributed by atoms with Gasteiger partial charge in [0, 0.05) is 61.1 Å². The van der Waals surface area contributed by atoms with Crippen LogP contribution in [0.25, 0.3) is 33.3 Å². The third-order valence-electron chi connectivity index (χ3n) is 12.7. The number of fused-ring (bicyclic) bond motifs is 3. The van der Waals surface area contributed by atoms with Gasteiger partial charge in [-0.2, -0.15) is 6.07 Å². The van der Waals surface area contributed by atoms with Gasteiger partial charge in [-0.1, -0.05) is 172 Å². The van der Waals surface area contributed by atoms with E-state index in [-0.39, 0.29) is 42.7 Å². The number of aromatic nitrogens is 2. The molecule has 6 heteroatoms. The summed E-state index contributed by atoms with van der Waals surface area (Å²) in [5.41, 5.74) is 11.8. The summed E-state index contributed by atoms with van der Waals surface area (Å²) in [7, 11) is 0. The first kappa shape index (κ1) is 45.7. The molecule has 3 heterocycles. The number of rotatable bonds is 8. The van der Waals surface area contributed by atoms with Crippen LogP contribution in [0.5, 0.6) is 11.5 Å². The minimum absolute atomic E-state index is 0. The third-order valence-corrected chi connectivity index (χ3v) is 12.7. The largest absolute Gasteiger partial charge is 0.509 e. The molecular weight excluding hydrogens is 976 g/mol. The summed E-state index contributed by atoms with van der Waals surface area (Å²) in [6, 6.07) is 57.0. The Morgan fingerprint density at radius 3 is 1.92 bits per heavy atom. The fourth-order valence-electron chi connectivity index (χ4n) is 8.78. The quantitative estimate of drug-likeness (QED) is 0.142. The molecule has 0 unspecified atom stereocenters. The Morgan fingerprint density at radius 2 is 1.23 bits per heavy atom. The zero-order valence-corrected chi connectivity index (χ0v) is 41.8. The van der Waals surface area contributed by atoms with E-state index in [9.17, 15) is 0 Å². The Kier molecular flexibility index (Phi) is 12.0. The Balaban J connectivity index is 0.00000576. The SMILES string of the molecule is CC(C)(C)c1cc(N2C=C(c3ccccc3)N(c3[c-]c(Oc4[c-]c5c(c(C(C)(C)C)c4)c4ccccc4n5-c4cc(C(C)(C)C)ccn4)ccc3)[CH-]2)cc(C(C)(C)c2ccccc2)c1.[Pt]. The molecule has 0 atom stereocenters. The Labute approximate surface area is 401 Å². The van der Waals surface area contributed by atoms with E-state index in [1.807, 2.05) is 18.3 Å². The van der Waals surface area contributed by atoms with Gasteiger partial charge < -0.3 is 19.1 Å². The number of ether oxygens (including phenoxy) is 1. The molecule has 0 aliphatic carbocycles. The number of hydrogen-bond donors (Lipinski definition) is 0. The predicted octanol–water partition coefficient (Wildman–Crippen LogP) is 15.2. The van der Waals surface area contributed by atoms with Gasteiger partial charge in [0.1, 0.15) is 5.82 Å². The molecule has 65 heavy (non-hydrogen) atoms. The summed E-state index contributed by atoms with van der Waals surface area (Å²) in [4.78, 5) is 9.41. The van der Waals surface area contributed by atoms with Gasteiger partial charge in [0.25, 0.3) is 0 Å². The van der Waals surface area contributed by atoms with Crippen LogP contribution in [0.1, 0.15) is 110 Å². The second-order valence-electron chi connectivity index (χ2n) is 20.8. The minimum Gasteiger partial charge on any atom is -0.509 e. The van der Waals surface area contributed by atoms with E-state index < -0.39 is 0 Å². The molecule has 1 aliphatic rings. The molecule has 0 radical (unpaired) electrons. The zero-order valence-electron chi connectivity index (χ0n) is 39.5. The van der Waals surface area contributed by atoms with Crippen molar-refractivity contribution in [2.45, 2.75) is 97.8 Å². The summed E-state index contributed by atoms with van der Waals surface area (Å²) >= 11 is 0. The Bertz CT molecular complexity index is 3030. The number of hydrogen-bond acceptors (Lipinski definition) is 4. The first-order chi connectivity index (χ1) is 30.4. The minimum atomic E-state index is -0.212. The van der Waals surface area contributed by atoms with Gasteiger partial charge in [-0.15, -0.1) is 48.3 Å². The van der Waals surface area contributed by atoms with Crippen molar-refractivity contribution in [3.05, 3.63) is 204 Å². The van der Waals surface area contributed by atoms with Crippen LogP contribution in [0.2, 0.25) is 0 Å². The number of para-hydroxylation sites is 1. The molecule has 334 valence electrons. The van der Waals surface area contributed by atoms with Crippen molar-refractivity contribution in [2.75, 3.05) is 9.80 Å². The molecule has 0 saturated heterocycles. The summed E-state index contributed by atoms with van der Waals surface area (Å²) in [6.45, 7) is 27.2. The maximum Gasteiger partial charge on any atom is 0.135 e. The van der Waals surface area contributed by atoms with Crippen LogP contribution >= 0.6 is 0 Å². The first-order valence-electron chi connectivity index (χ1n) is 22.4. The number of anilines is 2. The van der Waals surface area contributed by atoms with Crippen molar-refractivity contribution in [1.29, 1.82) is 0 Å². The van der Waals surface area contributed by atoms with E-state index in [0.29, 0.717) is 11.5 Å². The monoisotopic (exact) mass is 1030 g/mol. The fourth-order valence-corrected chi connectivity index (χ4v) is 8.78. The molecule has 8 aromatic rings. The standard InChI is InChI=1S/C59H59N4O.Pt/c1-56(2,3)42-29-30-60-54(34-42)63-51-28-19-18-27-49(51)55-50(58(7,8)9)36-48(37-52(55)63)64-47-26-20-25-45(35-47)62-39-61(38-53(62)40-21-14-12-15-22-40)46-32-43(57(4,5)6)31-44(33-46)59(10,11)41-23-16-13-17-24-41;/h12-34,36,38-39H,1-11H3;/q-3;. The molecule has 0 saturated carbocycles. The molecule has 0 bridgehead atoms. The van der Waals surface area contributed by atoms with E-state index in [1.165, 1.54) is 33.2 Å².